The van der Waals surface area contributed by atoms with E-state index in [-0.39, 0.29) is 11.5 Å². The second-order valence-electron chi connectivity index (χ2n) is 4.72. The quantitative estimate of drug-likeness (QED) is 0.747. The van der Waals surface area contributed by atoms with Gasteiger partial charge in [0.15, 0.2) is 0 Å². The number of carbonyl (C=O) groups excluding carboxylic acids is 1. The van der Waals surface area contributed by atoms with Gasteiger partial charge in [0.1, 0.15) is 6.04 Å². The second-order valence-corrected chi connectivity index (χ2v) is 5.63. The Morgan fingerprint density at radius 3 is 2.53 bits per heavy atom. The van der Waals surface area contributed by atoms with E-state index in [9.17, 15) is 14.7 Å². The normalized spacial score (nSPS) is 12.2. The van der Waals surface area contributed by atoms with Gasteiger partial charge in [-0.05, 0) is 30.5 Å². The van der Waals surface area contributed by atoms with Gasteiger partial charge in [-0.3, -0.25) is 4.79 Å². The smallest absolute Gasteiger partial charge is 0.326 e. The van der Waals surface area contributed by atoms with E-state index in [1.165, 1.54) is 0 Å². The van der Waals surface area contributed by atoms with Crippen molar-refractivity contribution < 1.29 is 14.7 Å². The number of anilines is 1. The summed E-state index contributed by atoms with van der Waals surface area (Å²) in [6.07, 6.45) is 0.458. The molecule has 1 rings (SSSR count). The Kier molecular flexibility index (Phi) is 5.35. The molecule has 0 aliphatic rings. The summed E-state index contributed by atoms with van der Waals surface area (Å²) in [7, 11) is 0. The van der Waals surface area contributed by atoms with Gasteiger partial charge in [0.2, 0.25) is 0 Å². The van der Waals surface area contributed by atoms with Gasteiger partial charge in [0.25, 0.3) is 5.91 Å². The Morgan fingerprint density at radius 1 is 1.42 bits per heavy atom. The molecule has 4 N–H and O–H groups in total. The SMILES string of the molecule is CC(C)CC(Nc1cc(Br)ccc1C(N)=O)C(=O)O. The minimum Gasteiger partial charge on any atom is -0.480 e. The summed E-state index contributed by atoms with van der Waals surface area (Å²) in [6, 6.07) is 4.13. The molecule has 19 heavy (non-hydrogen) atoms. The van der Waals surface area contributed by atoms with E-state index in [1.807, 2.05) is 13.8 Å². The van der Waals surface area contributed by atoms with Crippen LogP contribution in [0.1, 0.15) is 30.6 Å². The van der Waals surface area contributed by atoms with Gasteiger partial charge in [0, 0.05) is 10.2 Å². The molecule has 0 fully saturated rings. The molecule has 0 spiro atoms. The molecule has 0 aliphatic heterocycles. The van der Waals surface area contributed by atoms with Gasteiger partial charge in [-0.2, -0.15) is 0 Å². The number of primary amides is 1. The van der Waals surface area contributed by atoms with Crippen molar-refractivity contribution in [1.29, 1.82) is 0 Å². The molecule has 1 aromatic carbocycles. The molecule has 0 aromatic heterocycles. The molecule has 0 saturated carbocycles. The number of benzene rings is 1. The van der Waals surface area contributed by atoms with Crippen molar-refractivity contribution in [2.24, 2.45) is 11.7 Å². The summed E-state index contributed by atoms with van der Waals surface area (Å²) in [4.78, 5) is 22.5. The van der Waals surface area contributed by atoms with Gasteiger partial charge >= 0.3 is 5.97 Å². The zero-order valence-corrected chi connectivity index (χ0v) is 12.4. The predicted molar refractivity (Wildman–Crippen MR) is 77.2 cm³/mol. The first-order valence-corrected chi connectivity index (χ1v) is 6.69. The average Bonchev–Trinajstić information content (AvgIpc) is 2.26. The summed E-state index contributed by atoms with van der Waals surface area (Å²) in [5.41, 5.74) is 5.98. The summed E-state index contributed by atoms with van der Waals surface area (Å²) in [6.45, 7) is 3.88. The van der Waals surface area contributed by atoms with Crippen LogP contribution in [0.4, 0.5) is 5.69 Å². The number of hydrogen-bond acceptors (Lipinski definition) is 3. The largest absolute Gasteiger partial charge is 0.480 e. The molecule has 5 nitrogen and oxygen atoms in total. The van der Waals surface area contributed by atoms with E-state index >= 15 is 0 Å². The molecule has 0 saturated heterocycles. The molecule has 1 aromatic rings. The molecule has 1 atom stereocenters. The molecule has 6 heteroatoms. The zero-order chi connectivity index (χ0) is 14.6. The van der Waals surface area contributed by atoms with Gasteiger partial charge in [-0.25, -0.2) is 4.79 Å². The van der Waals surface area contributed by atoms with Crippen molar-refractivity contribution in [2.45, 2.75) is 26.3 Å². The molecule has 1 amide bonds. The Hall–Kier alpha value is -1.56. The first kappa shape index (κ1) is 15.5. The number of nitrogens with one attached hydrogen (secondary N) is 1. The molecule has 0 bridgehead atoms. The maximum Gasteiger partial charge on any atom is 0.326 e. The Balaban J connectivity index is 3.04. The molecule has 104 valence electrons. The lowest BCUT2D eigenvalue weighted by molar-refractivity contribution is -0.138. The van der Waals surface area contributed by atoms with Crippen LogP contribution in [-0.4, -0.2) is 23.0 Å². The third kappa shape index (κ3) is 4.55. The summed E-state index contributed by atoms with van der Waals surface area (Å²) < 4.78 is 0.744. The molecule has 0 aliphatic carbocycles. The number of nitrogens with two attached hydrogens (primary N) is 1. The maximum absolute atomic E-state index is 11.3. The van der Waals surface area contributed by atoms with Gasteiger partial charge in [-0.1, -0.05) is 29.8 Å². The summed E-state index contributed by atoms with van der Waals surface area (Å²) >= 11 is 3.28. The van der Waals surface area contributed by atoms with Crippen LogP contribution in [0.25, 0.3) is 0 Å². The predicted octanol–water partition coefficient (Wildman–Crippen LogP) is 2.46. The van der Waals surface area contributed by atoms with Crippen molar-refractivity contribution in [1.82, 2.24) is 0 Å². The standard InChI is InChI=1S/C13H17BrN2O3/c1-7(2)5-11(13(18)19)16-10-6-8(14)3-4-9(10)12(15)17/h3-4,6-7,11,16H,5H2,1-2H3,(H2,15,17)(H,18,19). The number of hydrogen-bond donors (Lipinski definition) is 3. The zero-order valence-electron chi connectivity index (χ0n) is 10.8. The minimum atomic E-state index is -0.955. The van der Waals surface area contributed by atoms with Gasteiger partial charge < -0.3 is 16.2 Å². The highest BCUT2D eigenvalue weighted by molar-refractivity contribution is 9.10. The highest BCUT2D eigenvalue weighted by Crippen LogP contribution is 2.23. The second kappa shape index (κ2) is 6.56. The van der Waals surface area contributed by atoms with Crippen LogP contribution in [0, 0.1) is 5.92 Å². The van der Waals surface area contributed by atoms with Crippen molar-refractivity contribution in [3.05, 3.63) is 28.2 Å². The van der Waals surface area contributed by atoms with Crippen LogP contribution in [0.15, 0.2) is 22.7 Å². The monoisotopic (exact) mass is 328 g/mol. The molecular weight excluding hydrogens is 312 g/mol. The molecule has 0 heterocycles. The number of amides is 1. The number of carboxylic acids is 1. The number of carbonyl (C=O) groups is 2. The third-order valence-corrected chi connectivity index (χ3v) is 3.08. The molecular formula is C13H17BrN2O3. The fourth-order valence-electron chi connectivity index (χ4n) is 1.73. The van der Waals surface area contributed by atoms with Crippen molar-refractivity contribution >= 4 is 33.5 Å². The van der Waals surface area contributed by atoms with Crippen LogP contribution in [-0.2, 0) is 4.79 Å². The van der Waals surface area contributed by atoms with Crippen molar-refractivity contribution in [2.75, 3.05) is 5.32 Å². The van der Waals surface area contributed by atoms with E-state index in [4.69, 9.17) is 5.73 Å². The maximum atomic E-state index is 11.3. The first-order chi connectivity index (χ1) is 8.81. The Bertz CT molecular complexity index is 489. The van der Waals surface area contributed by atoms with Crippen LogP contribution >= 0.6 is 15.9 Å². The summed E-state index contributed by atoms with van der Waals surface area (Å²) in [5.74, 6) is -1.33. The van der Waals surface area contributed by atoms with Crippen LogP contribution in [0.5, 0.6) is 0 Å². The number of halogens is 1. The first-order valence-electron chi connectivity index (χ1n) is 5.90. The number of aliphatic carboxylic acids is 1. The van der Waals surface area contributed by atoms with E-state index in [0.717, 1.165) is 4.47 Å². The minimum absolute atomic E-state index is 0.220. The molecule has 1 unspecified atom stereocenters. The highest BCUT2D eigenvalue weighted by atomic mass is 79.9. The Morgan fingerprint density at radius 2 is 2.05 bits per heavy atom. The number of rotatable bonds is 6. The lowest BCUT2D eigenvalue weighted by atomic mass is 10.0. The number of carboxylic acid groups (broad SMARTS) is 1. The fourth-order valence-corrected chi connectivity index (χ4v) is 2.09. The Labute approximate surface area is 120 Å². The summed E-state index contributed by atoms with van der Waals surface area (Å²) in [5, 5.41) is 12.1. The van der Waals surface area contributed by atoms with Crippen LogP contribution in [0.2, 0.25) is 0 Å². The topological polar surface area (TPSA) is 92.4 Å². The van der Waals surface area contributed by atoms with E-state index in [2.05, 4.69) is 21.2 Å². The highest BCUT2D eigenvalue weighted by Gasteiger charge is 2.20. The molecule has 0 radical (unpaired) electrons. The van der Waals surface area contributed by atoms with Crippen molar-refractivity contribution in [3.63, 3.8) is 0 Å². The van der Waals surface area contributed by atoms with E-state index in [1.54, 1.807) is 18.2 Å². The van der Waals surface area contributed by atoms with Crippen molar-refractivity contribution in [3.8, 4) is 0 Å². The van der Waals surface area contributed by atoms with E-state index in [0.29, 0.717) is 12.1 Å². The third-order valence-electron chi connectivity index (χ3n) is 2.58. The van der Waals surface area contributed by atoms with Crippen LogP contribution < -0.4 is 11.1 Å². The van der Waals surface area contributed by atoms with E-state index < -0.39 is 17.9 Å². The lowest BCUT2D eigenvalue weighted by Crippen LogP contribution is -2.31. The van der Waals surface area contributed by atoms with Crippen LogP contribution in [0.3, 0.4) is 0 Å². The lowest BCUT2D eigenvalue weighted by Gasteiger charge is -2.19. The van der Waals surface area contributed by atoms with Gasteiger partial charge in [0.05, 0.1) is 5.56 Å². The van der Waals surface area contributed by atoms with Gasteiger partial charge in [-0.15, -0.1) is 0 Å². The average molecular weight is 329 g/mol. The fraction of sp³-hybridized carbons (Fsp3) is 0.385.